The molecule has 2 N–H and O–H groups in total. The lowest BCUT2D eigenvalue weighted by Crippen LogP contribution is -2.33. The van der Waals surface area contributed by atoms with Crippen LogP contribution >= 0.6 is 0 Å². The number of rotatable bonds is 3. The minimum atomic E-state index is 0.467. The first kappa shape index (κ1) is 13.1. The van der Waals surface area contributed by atoms with Crippen molar-refractivity contribution in [2.75, 3.05) is 12.3 Å². The molecule has 104 valence electrons. The van der Waals surface area contributed by atoms with Crippen molar-refractivity contribution in [2.24, 2.45) is 0 Å². The minimum Gasteiger partial charge on any atom is -0.399 e. The Bertz CT molecular complexity index is 553. The van der Waals surface area contributed by atoms with Crippen molar-refractivity contribution in [2.45, 2.75) is 31.8 Å². The van der Waals surface area contributed by atoms with Crippen molar-refractivity contribution in [3.63, 3.8) is 0 Å². The first-order chi connectivity index (χ1) is 9.83. The summed E-state index contributed by atoms with van der Waals surface area (Å²) in [6, 6.07) is 14.9. The van der Waals surface area contributed by atoms with Crippen LogP contribution in [0.5, 0.6) is 0 Å². The zero-order chi connectivity index (χ0) is 13.8. The van der Waals surface area contributed by atoms with E-state index in [1.54, 1.807) is 0 Å². The molecule has 1 aliphatic heterocycles. The van der Waals surface area contributed by atoms with Gasteiger partial charge in [0.05, 0.1) is 5.69 Å². The first-order valence-corrected chi connectivity index (χ1v) is 7.32. The van der Waals surface area contributed by atoms with E-state index in [9.17, 15) is 0 Å². The van der Waals surface area contributed by atoms with Crippen LogP contribution in [0.4, 0.5) is 5.69 Å². The zero-order valence-electron chi connectivity index (χ0n) is 11.7. The standard InChI is InChI=1S/C17H21N3/c18-15-7-5-6-14(12-15)17-9-2-4-11-20(17)13-16-8-1-3-10-19-16/h1,3,5-8,10,12,17H,2,4,9,11,13,18H2. The summed E-state index contributed by atoms with van der Waals surface area (Å²) in [4.78, 5) is 6.98. The van der Waals surface area contributed by atoms with Crippen molar-refractivity contribution in [1.82, 2.24) is 9.88 Å². The SMILES string of the molecule is Nc1cccc(C2CCCCN2Cc2ccccn2)c1. The predicted octanol–water partition coefficient (Wildman–Crippen LogP) is 3.39. The van der Waals surface area contributed by atoms with E-state index in [-0.39, 0.29) is 0 Å². The molecule has 0 radical (unpaired) electrons. The van der Waals surface area contributed by atoms with Crippen LogP contribution in [0.25, 0.3) is 0 Å². The number of likely N-dealkylation sites (tertiary alicyclic amines) is 1. The van der Waals surface area contributed by atoms with E-state index in [0.717, 1.165) is 24.5 Å². The van der Waals surface area contributed by atoms with Crippen LogP contribution in [0.2, 0.25) is 0 Å². The number of benzene rings is 1. The summed E-state index contributed by atoms with van der Waals surface area (Å²) in [5, 5.41) is 0. The lowest BCUT2D eigenvalue weighted by Gasteiger charge is -2.36. The molecule has 20 heavy (non-hydrogen) atoms. The normalized spacial score (nSPS) is 19.9. The molecule has 2 aromatic rings. The molecule has 0 amide bonds. The van der Waals surface area contributed by atoms with Gasteiger partial charge in [0.25, 0.3) is 0 Å². The van der Waals surface area contributed by atoms with Crippen molar-refractivity contribution in [3.8, 4) is 0 Å². The summed E-state index contributed by atoms with van der Waals surface area (Å²) in [5.41, 5.74) is 9.26. The lowest BCUT2D eigenvalue weighted by atomic mass is 9.94. The molecule has 0 saturated carbocycles. The van der Waals surface area contributed by atoms with Gasteiger partial charge in [-0.1, -0.05) is 24.6 Å². The summed E-state index contributed by atoms with van der Waals surface area (Å²) in [6.07, 6.45) is 5.63. The van der Waals surface area contributed by atoms with E-state index in [2.05, 4.69) is 40.2 Å². The second-order valence-electron chi connectivity index (χ2n) is 5.47. The van der Waals surface area contributed by atoms with Gasteiger partial charge in [-0.05, 0) is 49.2 Å². The van der Waals surface area contributed by atoms with Crippen molar-refractivity contribution >= 4 is 5.69 Å². The molecular weight excluding hydrogens is 246 g/mol. The molecule has 3 rings (SSSR count). The molecular formula is C17H21N3. The molecule has 0 bridgehead atoms. The van der Waals surface area contributed by atoms with Crippen LogP contribution in [0.15, 0.2) is 48.7 Å². The Labute approximate surface area is 120 Å². The molecule has 0 spiro atoms. The smallest absolute Gasteiger partial charge is 0.0544 e. The summed E-state index contributed by atoms with van der Waals surface area (Å²) >= 11 is 0. The number of nitrogens with two attached hydrogens (primary N) is 1. The van der Waals surface area contributed by atoms with Crippen LogP contribution in [0.1, 0.15) is 36.6 Å². The molecule has 1 aromatic carbocycles. The first-order valence-electron chi connectivity index (χ1n) is 7.32. The van der Waals surface area contributed by atoms with Gasteiger partial charge in [-0.25, -0.2) is 0 Å². The second kappa shape index (κ2) is 6.06. The third-order valence-electron chi connectivity index (χ3n) is 4.00. The Kier molecular flexibility index (Phi) is 3.97. The third-order valence-corrected chi connectivity index (χ3v) is 4.00. The van der Waals surface area contributed by atoms with Gasteiger partial charge in [-0.3, -0.25) is 9.88 Å². The number of nitrogens with zero attached hydrogens (tertiary/aromatic N) is 2. The summed E-state index contributed by atoms with van der Waals surface area (Å²) in [5.74, 6) is 0. The number of aromatic nitrogens is 1. The van der Waals surface area contributed by atoms with Gasteiger partial charge in [0.15, 0.2) is 0 Å². The van der Waals surface area contributed by atoms with Gasteiger partial charge in [-0.15, -0.1) is 0 Å². The van der Waals surface area contributed by atoms with E-state index >= 15 is 0 Å². The highest BCUT2D eigenvalue weighted by Gasteiger charge is 2.24. The number of nitrogen functional groups attached to an aromatic ring is 1. The molecule has 3 nitrogen and oxygen atoms in total. The summed E-state index contributed by atoms with van der Waals surface area (Å²) < 4.78 is 0. The maximum atomic E-state index is 5.93. The van der Waals surface area contributed by atoms with Crippen molar-refractivity contribution in [3.05, 3.63) is 59.9 Å². The maximum Gasteiger partial charge on any atom is 0.0544 e. The van der Waals surface area contributed by atoms with Crippen molar-refractivity contribution in [1.29, 1.82) is 0 Å². The largest absolute Gasteiger partial charge is 0.399 e. The fraction of sp³-hybridized carbons (Fsp3) is 0.353. The van der Waals surface area contributed by atoms with Crippen LogP contribution in [0.3, 0.4) is 0 Å². The average Bonchev–Trinajstić information content (AvgIpc) is 2.49. The number of hydrogen-bond donors (Lipinski definition) is 1. The molecule has 1 fully saturated rings. The van der Waals surface area contributed by atoms with Gasteiger partial charge in [0.1, 0.15) is 0 Å². The fourth-order valence-corrected chi connectivity index (χ4v) is 3.02. The summed E-state index contributed by atoms with van der Waals surface area (Å²) in [7, 11) is 0. The predicted molar refractivity (Wildman–Crippen MR) is 82.1 cm³/mol. The molecule has 1 unspecified atom stereocenters. The maximum absolute atomic E-state index is 5.93. The van der Waals surface area contributed by atoms with Gasteiger partial charge in [0, 0.05) is 24.5 Å². The highest BCUT2D eigenvalue weighted by Crippen LogP contribution is 2.32. The quantitative estimate of drug-likeness (QED) is 0.867. The number of anilines is 1. The topological polar surface area (TPSA) is 42.1 Å². The Balaban J connectivity index is 1.80. The Morgan fingerprint density at radius 3 is 2.90 bits per heavy atom. The zero-order valence-corrected chi connectivity index (χ0v) is 11.7. The number of hydrogen-bond acceptors (Lipinski definition) is 3. The van der Waals surface area contributed by atoms with Crippen LogP contribution in [-0.4, -0.2) is 16.4 Å². The van der Waals surface area contributed by atoms with Gasteiger partial charge < -0.3 is 5.73 Å². The van der Waals surface area contributed by atoms with Gasteiger partial charge in [0.2, 0.25) is 0 Å². The average molecular weight is 267 g/mol. The Morgan fingerprint density at radius 2 is 2.10 bits per heavy atom. The van der Waals surface area contributed by atoms with E-state index in [1.165, 1.54) is 24.8 Å². The van der Waals surface area contributed by atoms with Gasteiger partial charge >= 0.3 is 0 Å². The highest BCUT2D eigenvalue weighted by molar-refractivity contribution is 5.41. The number of piperidine rings is 1. The molecule has 2 heterocycles. The van der Waals surface area contributed by atoms with Crippen molar-refractivity contribution < 1.29 is 0 Å². The molecule has 1 aromatic heterocycles. The molecule has 3 heteroatoms. The second-order valence-corrected chi connectivity index (χ2v) is 5.47. The molecule has 1 aliphatic rings. The van der Waals surface area contributed by atoms with E-state index in [4.69, 9.17) is 5.73 Å². The van der Waals surface area contributed by atoms with Crippen LogP contribution in [-0.2, 0) is 6.54 Å². The third kappa shape index (κ3) is 2.99. The lowest BCUT2D eigenvalue weighted by molar-refractivity contribution is 0.139. The molecule has 1 saturated heterocycles. The van der Waals surface area contributed by atoms with Gasteiger partial charge in [-0.2, -0.15) is 0 Å². The van der Waals surface area contributed by atoms with E-state index in [0.29, 0.717) is 6.04 Å². The number of pyridine rings is 1. The Hall–Kier alpha value is -1.87. The van der Waals surface area contributed by atoms with Crippen LogP contribution in [0, 0.1) is 0 Å². The Morgan fingerprint density at radius 1 is 1.15 bits per heavy atom. The van der Waals surface area contributed by atoms with E-state index in [1.807, 2.05) is 18.3 Å². The minimum absolute atomic E-state index is 0.467. The fourth-order valence-electron chi connectivity index (χ4n) is 3.02. The van der Waals surface area contributed by atoms with Crippen LogP contribution < -0.4 is 5.73 Å². The molecule has 0 aliphatic carbocycles. The summed E-state index contributed by atoms with van der Waals surface area (Å²) in [6.45, 7) is 2.05. The highest BCUT2D eigenvalue weighted by atomic mass is 15.2. The monoisotopic (exact) mass is 267 g/mol. The molecule has 1 atom stereocenters. The van der Waals surface area contributed by atoms with E-state index < -0.39 is 0 Å².